The Kier molecular flexibility index (Phi) is 5.18. The van der Waals surface area contributed by atoms with Gasteiger partial charge in [-0.15, -0.1) is 0 Å². The molecule has 2 N–H and O–H groups in total. The third-order valence-corrected chi connectivity index (χ3v) is 4.61. The molecule has 1 aliphatic carbocycles. The van der Waals surface area contributed by atoms with Crippen molar-refractivity contribution < 1.29 is 4.79 Å². The van der Waals surface area contributed by atoms with Gasteiger partial charge in [0.15, 0.2) is 0 Å². The average molecular weight is 274 g/mol. The number of nitrogens with one attached hydrogen (secondary N) is 2. The van der Waals surface area contributed by atoms with E-state index in [9.17, 15) is 4.79 Å². The van der Waals surface area contributed by atoms with Gasteiger partial charge in [0.1, 0.15) is 0 Å². The van der Waals surface area contributed by atoms with E-state index in [2.05, 4.69) is 24.5 Å². The number of amides is 1. The number of hydrogen-bond donors (Lipinski definition) is 2. The molecule has 20 heavy (non-hydrogen) atoms. The van der Waals surface area contributed by atoms with Crippen LogP contribution in [0.15, 0.2) is 24.3 Å². The Bertz CT molecular complexity index is 441. The Labute approximate surface area is 122 Å². The molecule has 1 aliphatic rings. The molecule has 1 saturated carbocycles. The van der Waals surface area contributed by atoms with Crippen molar-refractivity contribution in [2.45, 2.75) is 46.1 Å². The quantitative estimate of drug-likeness (QED) is 0.864. The van der Waals surface area contributed by atoms with Crippen LogP contribution < -0.4 is 10.6 Å². The lowest BCUT2D eigenvalue weighted by Gasteiger charge is -2.20. The lowest BCUT2D eigenvalue weighted by Crippen LogP contribution is -2.38. The molecule has 0 spiro atoms. The van der Waals surface area contributed by atoms with Crippen molar-refractivity contribution in [2.24, 2.45) is 11.8 Å². The van der Waals surface area contributed by atoms with Crippen LogP contribution in [0.1, 0.15) is 38.7 Å². The Morgan fingerprint density at radius 2 is 1.95 bits per heavy atom. The van der Waals surface area contributed by atoms with Gasteiger partial charge in [0.05, 0.1) is 6.54 Å². The third kappa shape index (κ3) is 3.83. The molecule has 1 amide bonds. The zero-order valence-electron chi connectivity index (χ0n) is 12.8. The summed E-state index contributed by atoms with van der Waals surface area (Å²) in [7, 11) is 0. The lowest BCUT2D eigenvalue weighted by molar-refractivity contribution is -0.115. The van der Waals surface area contributed by atoms with E-state index in [-0.39, 0.29) is 5.91 Å². The Balaban J connectivity index is 1.77. The maximum Gasteiger partial charge on any atom is 0.238 e. The van der Waals surface area contributed by atoms with E-state index < -0.39 is 0 Å². The number of hydrogen-bond acceptors (Lipinski definition) is 2. The molecule has 0 aromatic heterocycles. The highest BCUT2D eigenvalue weighted by molar-refractivity contribution is 5.92. The van der Waals surface area contributed by atoms with Gasteiger partial charge < -0.3 is 10.6 Å². The molecule has 0 saturated heterocycles. The number of rotatable bonds is 5. The van der Waals surface area contributed by atoms with Crippen molar-refractivity contribution in [1.29, 1.82) is 0 Å². The summed E-state index contributed by atoms with van der Waals surface area (Å²) in [5.41, 5.74) is 2.07. The third-order valence-electron chi connectivity index (χ3n) is 4.61. The summed E-state index contributed by atoms with van der Waals surface area (Å²) < 4.78 is 0. The fraction of sp³-hybridized carbons (Fsp3) is 0.588. The monoisotopic (exact) mass is 274 g/mol. The first-order valence-electron chi connectivity index (χ1n) is 7.70. The summed E-state index contributed by atoms with van der Waals surface area (Å²) in [4.78, 5) is 11.9. The summed E-state index contributed by atoms with van der Waals surface area (Å²) in [6.07, 6.45) is 3.72. The number of anilines is 1. The highest BCUT2D eigenvalue weighted by atomic mass is 16.1. The molecular formula is C17H26N2O. The summed E-state index contributed by atoms with van der Waals surface area (Å²) in [5, 5.41) is 6.35. The van der Waals surface area contributed by atoms with Crippen molar-refractivity contribution >= 4 is 11.6 Å². The van der Waals surface area contributed by atoms with Gasteiger partial charge in [0.2, 0.25) is 5.91 Å². The second kappa shape index (κ2) is 6.89. The number of aryl methyl sites for hydroxylation is 1. The van der Waals surface area contributed by atoms with Crippen LogP contribution in [-0.4, -0.2) is 18.5 Å². The van der Waals surface area contributed by atoms with Gasteiger partial charge >= 0.3 is 0 Å². The van der Waals surface area contributed by atoms with Gasteiger partial charge in [-0.05, 0) is 43.7 Å². The molecule has 0 radical (unpaired) electrons. The van der Waals surface area contributed by atoms with Gasteiger partial charge in [0.25, 0.3) is 0 Å². The highest BCUT2D eigenvalue weighted by Crippen LogP contribution is 2.33. The first-order chi connectivity index (χ1) is 9.60. The van der Waals surface area contributed by atoms with E-state index in [1.165, 1.54) is 24.8 Å². The molecule has 1 fully saturated rings. The number of benzene rings is 1. The van der Waals surface area contributed by atoms with Crippen LogP contribution in [0.3, 0.4) is 0 Å². The topological polar surface area (TPSA) is 41.1 Å². The highest BCUT2D eigenvalue weighted by Gasteiger charge is 2.31. The molecule has 1 aromatic carbocycles. The molecule has 3 nitrogen and oxygen atoms in total. The number of carbonyl (C=O) groups excluding carboxylic acids is 1. The second-order valence-electron chi connectivity index (χ2n) is 6.01. The van der Waals surface area contributed by atoms with Crippen molar-refractivity contribution in [2.75, 3.05) is 11.9 Å². The maximum absolute atomic E-state index is 11.9. The Hall–Kier alpha value is -1.35. The second-order valence-corrected chi connectivity index (χ2v) is 6.01. The van der Waals surface area contributed by atoms with Crippen LogP contribution >= 0.6 is 0 Å². The Morgan fingerprint density at radius 3 is 2.55 bits per heavy atom. The maximum atomic E-state index is 11.9. The predicted octanol–water partition coefficient (Wildman–Crippen LogP) is 3.35. The van der Waals surface area contributed by atoms with Crippen molar-refractivity contribution in [3.05, 3.63) is 29.8 Å². The average Bonchev–Trinajstić information content (AvgIpc) is 2.79. The minimum atomic E-state index is 0.0426. The largest absolute Gasteiger partial charge is 0.325 e. The molecule has 2 rings (SSSR count). The smallest absolute Gasteiger partial charge is 0.238 e. The van der Waals surface area contributed by atoms with Crippen LogP contribution in [0.5, 0.6) is 0 Å². The minimum absolute atomic E-state index is 0.0426. The first kappa shape index (κ1) is 15.0. The SMILES string of the molecule is CCC1CCC(NCC(=O)Nc2ccc(C)cc2)C1C. The minimum Gasteiger partial charge on any atom is -0.325 e. The van der Waals surface area contributed by atoms with E-state index >= 15 is 0 Å². The molecular weight excluding hydrogens is 248 g/mol. The zero-order chi connectivity index (χ0) is 14.5. The van der Waals surface area contributed by atoms with Gasteiger partial charge in [-0.2, -0.15) is 0 Å². The predicted molar refractivity (Wildman–Crippen MR) is 83.8 cm³/mol. The van der Waals surface area contributed by atoms with E-state index in [0.717, 1.165) is 11.6 Å². The summed E-state index contributed by atoms with van der Waals surface area (Å²) in [6, 6.07) is 8.39. The first-order valence-corrected chi connectivity index (χ1v) is 7.70. The van der Waals surface area contributed by atoms with Crippen LogP contribution in [0.4, 0.5) is 5.69 Å². The molecule has 1 aromatic rings. The van der Waals surface area contributed by atoms with Gasteiger partial charge in [0, 0.05) is 11.7 Å². The fourth-order valence-electron chi connectivity index (χ4n) is 3.18. The van der Waals surface area contributed by atoms with Crippen LogP contribution in [0.25, 0.3) is 0 Å². The van der Waals surface area contributed by atoms with Gasteiger partial charge in [-0.1, -0.05) is 38.0 Å². The van der Waals surface area contributed by atoms with Crippen LogP contribution in [-0.2, 0) is 4.79 Å². The number of carbonyl (C=O) groups is 1. The molecule has 3 unspecified atom stereocenters. The molecule has 3 heteroatoms. The van der Waals surface area contributed by atoms with E-state index in [0.29, 0.717) is 18.5 Å². The van der Waals surface area contributed by atoms with Crippen molar-refractivity contribution in [3.8, 4) is 0 Å². The van der Waals surface area contributed by atoms with Crippen LogP contribution in [0.2, 0.25) is 0 Å². The summed E-state index contributed by atoms with van der Waals surface area (Å²) in [6.45, 7) is 7.00. The zero-order valence-corrected chi connectivity index (χ0v) is 12.8. The molecule has 110 valence electrons. The molecule has 0 aliphatic heterocycles. The van der Waals surface area contributed by atoms with Gasteiger partial charge in [-0.3, -0.25) is 4.79 Å². The molecule has 0 heterocycles. The fourth-order valence-corrected chi connectivity index (χ4v) is 3.18. The van der Waals surface area contributed by atoms with E-state index in [1.807, 2.05) is 31.2 Å². The summed E-state index contributed by atoms with van der Waals surface area (Å²) >= 11 is 0. The standard InChI is InChI=1S/C17H26N2O/c1-4-14-7-10-16(13(14)3)18-11-17(20)19-15-8-5-12(2)6-9-15/h5-6,8-9,13-14,16,18H,4,7,10-11H2,1-3H3,(H,19,20). The van der Waals surface area contributed by atoms with Crippen LogP contribution in [0, 0.1) is 18.8 Å². The molecule has 3 atom stereocenters. The van der Waals surface area contributed by atoms with Crippen molar-refractivity contribution in [3.63, 3.8) is 0 Å². The Morgan fingerprint density at radius 1 is 1.25 bits per heavy atom. The van der Waals surface area contributed by atoms with Crippen molar-refractivity contribution in [1.82, 2.24) is 5.32 Å². The summed E-state index contributed by atoms with van der Waals surface area (Å²) in [5.74, 6) is 1.53. The van der Waals surface area contributed by atoms with E-state index in [4.69, 9.17) is 0 Å². The normalized spacial score (nSPS) is 25.6. The van der Waals surface area contributed by atoms with E-state index in [1.54, 1.807) is 0 Å². The molecule has 0 bridgehead atoms. The lowest BCUT2D eigenvalue weighted by atomic mass is 9.93. The van der Waals surface area contributed by atoms with Gasteiger partial charge in [-0.25, -0.2) is 0 Å².